The average molecular weight is 387 g/mol. The summed E-state index contributed by atoms with van der Waals surface area (Å²) in [5.41, 5.74) is 1.54. The van der Waals surface area contributed by atoms with Crippen molar-refractivity contribution in [2.45, 2.75) is 13.0 Å². The Morgan fingerprint density at radius 2 is 1.48 bits per heavy atom. The second kappa shape index (κ2) is 8.45. The number of fused-ring (bicyclic) bond motifs is 1. The molecule has 4 rings (SSSR count). The molecule has 0 saturated carbocycles. The van der Waals surface area contributed by atoms with Crippen LogP contribution in [-0.2, 0) is 4.79 Å². The fourth-order valence-electron chi connectivity index (χ4n) is 3.81. The Balaban J connectivity index is 1.37. The van der Waals surface area contributed by atoms with Crippen molar-refractivity contribution < 1.29 is 9.59 Å². The van der Waals surface area contributed by atoms with Gasteiger partial charge >= 0.3 is 0 Å². The number of nitrogens with zero attached hydrogens (tertiary/aromatic N) is 2. The van der Waals surface area contributed by atoms with Gasteiger partial charge in [0, 0.05) is 42.8 Å². The van der Waals surface area contributed by atoms with Crippen LogP contribution in [0.4, 0.5) is 5.69 Å². The Labute approximate surface area is 170 Å². The van der Waals surface area contributed by atoms with E-state index in [1.54, 1.807) is 0 Å². The molecule has 0 spiro atoms. The van der Waals surface area contributed by atoms with Gasteiger partial charge in [-0.3, -0.25) is 14.5 Å². The van der Waals surface area contributed by atoms with E-state index in [2.05, 4.69) is 10.2 Å². The summed E-state index contributed by atoms with van der Waals surface area (Å²) < 4.78 is 0. The lowest BCUT2D eigenvalue weighted by Crippen LogP contribution is -2.54. The molecule has 0 aromatic heterocycles. The highest BCUT2D eigenvalue weighted by Gasteiger charge is 2.28. The van der Waals surface area contributed by atoms with E-state index < -0.39 is 0 Å². The zero-order valence-electron chi connectivity index (χ0n) is 16.5. The molecule has 3 aromatic carbocycles. The number of carbonyl (C=O) groups excluding carboxylic acids is 2. The van der Waals surface area contributed by atoms with E-state index >= 15 is 0 Å². The minimum Gasteiger partial charge on any atom is -0.336 e. The smallest absolute Gasteiger partial charge is 0.253 e. The molecule has 1 N–H and O–H groups in total. The van der Waals surface area contributed by atoms with Crippen LogP contribution in [0.25, 0.3) is 10.8 Å². The zero-order chi connectivity index (χ0) is 20.2. The molecule has 5 heteroatoms. The van der Waals surface area contributed by atoms with Crippen molar-refractivity contribution in [3.8, 4) is 0 Å². The van der Waals surface area contributed by atoms with Crippen LogP contribution in [0, 0.1) is 0 Å². The Morgan fingerprint density at radius 1 is 0.828 bits per heavy atom. The number of carbonyl (C=O) groups is 2. The second-order valence-electron chi connectivity index (χ2n) is 7.39. The van der Waals surface area contributed by atoms with Crippen molar-refractivity contribution in [2.75, 3.05) is 31.5 Å². The van der Waals surface area contributed by atoms with Crippen LogP contribution in [0.15, 0.2) is 72.8 Å². The fraction of sp³-hybridized carbons (Fsp3) is 0.250. The molecule has 3 aromatic rings. The summed E-state index contributed by atoms with van der Waals surface area (Å²) in [5.74, 6) is 0.0299. The van der Waals surface area contributed by atoms with Gasteiger partial charge in [0.15, 0.2) is 0 Å². The summed E-state index contributed by atoms with van der Waals surface area (Å²) in [6, 6.07) is 23.0. The molecule has 148 valence electrons. The number of hydrogen-bond donors (Lipinski definition) is 1. The summed E-state index contributed by atoms with van der Waals surface area (Å²) in [5, 5.41) is 5.22. The van der Waals surface area contributed by atoms with Gasteiger partial charge in [0.2, 0.25) is 5.91 Å². The highest BCUT2D eigenvalue weighted by Crippen LogP contribution is 2.23. The molecular formula is C24H25N3O2. The van der Waals surface area contributed by atoms with Gasteiger partial charge in [-0.1, -0.05) is 54.6 Å². The van der Waals surface area contributed by atoms with Gasteiger partial charge in [0.1, 0.15) is 0 Å². The molecule has 1 atom stereocenters. The highest BCUT2D eigenvalue weighted by atomic mass is 16.2. The molecule has 1 fully saturated rings. The first-order chi connectivity index (χ1) is 14.1. The molecule has 29 heavy (non-hydrogen) atoms. The van der Waals surface area contributed by atoms with Gasteiger partial charge in [0.05, 0.1) is 6.04 Å². The Hall–Kier alpha value is -3.18. The summed E-state index contributed by atoms with van der Waals surface area (Å²) in [6.07, 6.45) is 0. The second-order valence-corrected chi connectivity index (χ2v) is 7.39. The van der Waals surface area contributed by atoms with E-state index in [0.29, 0.717) is 31.7 Å². The lowest BCUT2D eigenvalue weighted by atomic mass is 10.1. The summed E-state index contributed by atoms with van der Waals surface area (Å²) in [4.78, 5) is 29.5. The van der Waals surface area contributed by atoms with Crippen LogP contribution >= 0.6 is 0 Å². The van der Waals surface area contributed by atoms with E-state index in [0.717, 1.165) is 16.5 Å². The van der Waals surface area contributed by atoms with Crippen molar-refractivity contribution in [2.24, 2.45) is 0 Å². The van der Waals surface area contributed by atoms with Crippen LogP contribution < -0.4 is 5.32 Å². The predicted octanol–water partition coefficient (Wildman–Crippen LogP) is 3.62. The van der Waals surface area contributed by atoms with Crippen LogP contribution in [0.2, 0.25) is 0 Å². The van der Waals surface area contributed by atoms with Crippen LogP contribution in [0.5, 0.6) is 0 Å². The van der Waals surface area contributed by atoms with Gasteiger partial charge in [-0.05, 0) is 30.5 Å². The molecule has 5 nitrogen and oxygen atoms in total. The lowest BCUT2D eigenvalue weighted by Gasteiger charge is -2.37. The molecule has 0 bridgehead atoms. The maximum Gasteiger partial charge on any atom is 0.253 e. The van der Waals surface area contributed by atoms with Gasteiger partial charge in [-0.2, -0.15) is 0 Å². The third-order valence-corrected chi connectivity index (χ3v) is 5.60. The molecular weight excluding hydrogens is 362 g/mol. The number of anilines is 1. The van der Waals surface area contributed by atoms with Crippen molar-refractivity contribution in [1.29, 1.82) is 0 Å². The number of amides is 2. The zero-order valence-corrected chi connectivity index (χ0v) is 16.5. The van der Waals surface area contributed by atoms with E-state index in [1.807, 2.05) is 84.6 Å². The Kier molecular flexibility index (Phi) is 5.58. The van der Waals surface area contributed by atoms with Crippen molar-refractivity contribution in [3.63, 3.8) is 0 Å². The average Bonchev–Trinajstić information content (AvgIpc) is 2.79. The van der Waals surface area contributed by atoms with Crippen LogP contribution in [-0.4, -0.2) is 53.8 Å². The van der Waals surface area contributed by atoms with Crippen LogP contribution in [0.1, 0.15) is 17.3 Å². The van der Waals surface area contributed by atoms with E-state index in [4.69, 9.17) is 0 Å². The molecule has 1 heterocycles. The van der Waals surface area contributed by atoms with Crippen molar-refractivity contribution in [3.05, 3.63) is 78.4 Å². The summed E-state index contributed by atoms with van der Waals surface area (Å²) in [7, 11) is 0. The SMILES string of the molecule is CC(C(=O)Nc1cccc2ccccc12)N1CCN(C(=O)c2ccccc2)CC1. The maximum absolute atomic E-state index is 12.9. The lowest BCUT2D eigenvalue weighted by molar-refractivity contribution is -0.121. The minimum atomic E-state index is -0.261. The number of nitrogens with one attached hydrogen (secondary N) is 1. The van der Waals surface area contributed by atoms with Gasteiger partial charge in [-0.25, -0.2) is 0 Å². The third-order valence-electron chi connectivity index (χ3n) is 5.60. The highest BCUT2D eigenvalue weighted by molar-refractivity contribution is 6.03. The largest absolute Gasteiger partial charge is 0.336 e. The summed E-state index contributed by atoms with van der Waals surface area (Å²) in [6.45, 7) is 4.54. The third kappa shape index (κ3) is 4.15. The van der Waals surface area contributed by atoms with E-state index in [1.165, 1.54) is 0 Å². The number of rotatable bonds is 4. The maximum atomic E-state index is 12.9. The first-order valence-corrected chi connectivity index (χ1v) is 10.0. The topological polar surface area (TPSA) is 52.7 Å². The standard InChI is InChI=1S/C24H25N3O2/c1-18(23(28)25-22-13-7-11-19-8-5-6-12-21(19)22)26-14-16-27(17-15-26)24(29)20-9-3-2-4-10-20/h2-13,18H,14-17H2,1H3,(H,25,28). The first-order valence-electron chi connectivity index (χ1n) is 10.0. The van der Waals surface area contributed by atoms with E-state index in [-0.39, 0.29) is 17.9 Å². The fourth-order valence-corrected chi connectivity index (χ4v) is 3.81. The van der Waals surface area contributed by atoms with Crippen molar-refractivity contribution in [1.82, 2.24) is 9.80 Å². The Bertz CT molecular complexity index is 1010. The van der Waals surface area contributed by atoms with Gasteiger partial charge in [0.25, 0.3) is 5.91 Å². The van der Waals surface area contributed by atoms with Crippen LogP contribution in [0.3, 0.4) is 0 Å². The molecule has 1 aliphatic rings. The van der Waals surface area contributed by atoms with Gasteiger partial charge in [-0.15, -0.1) is 0 Å². The number of hydrogen-bond acceptors (Lipinski definition) is 3. The first kappa shape index (κ1) is 19.2. The number of benzene rings is 3. The van der Waals surface area contributed by atoms with Gasteiger partial charge < -0.3 is 10.2 Å². The minimum absolute atomic E-state index is 0.0239. The molecule has 0 radical (unpaired) electrons. The number of piperazine rings is 1. The summed E-state index contributed by atoms with van der Waals surface area (Å²) >= 11 is 0. The monoisotopic (exact) mass is 387 g/mol. The Morgan fingerprint density at radius 3 is 2.24 bits per heavy atom. The van der Waals surface area contributed by atoms with Crippen molar-refractivity contribution >= 4 is 28.3 Å². The van der Waals surface area contributed by atoms with E-state index in [9.17, 15) is 9.59 Å². The molecule has 2 amide bonds. The quantitative estimate of drug-likeness (QED) is 0.744. The molecule has 1 aliphatic heterocycles. The molecule has 1 saturated heterocycles. The molecule has 1 unspecified atom stereocenters. The normalized spacial score (nSPS) is 15.8. The molecule has 0 aliphatic carbocycles. The predicted molar refractivity (Wildman–Crippen MR) is 116 cm³/mol.